The molecular weight excluding hydrogens is 240 g/mol. The average molecular weight is 262 g/mol. The van der Waals surface area contributed by atoms with Gasteiger partial charge in [0.1, 0.15) is 6.10 Å². The van der Waals surface area contributed by atoms with E-state index in [2.05, 4.69) is 0 Å². The summed E-state index contributed by atoms with van der Waals surface area (Å²) in [5.41, 5.74) is 0. The largest absolute Gasteiger partial charge is 0.481 e. The molecule has 1 aliphatic heterocycles. The van der Waals surface area contributed by atoms with Crippen LogP contribution in [0.15, 0.2) is 0 Å². The maximum absolute atomic E-state index is 10.3. The highest BCUT2D eigenvalue weighted by atomic mass is 16.7. The quantitative estimate of drug-likeness (QED) is 0.578. The summed E-state index contributed by atoms with van der Waals surface area (Å²) in [6.07, 6.45) is 0.0571. The van der Waals surface area contributed by atoms with Crippen LogP contribution in [0.4, 0.5) is 0 Å². The molecule has 3 N–H and O–H groups in total. The molecule has 0 radical (unpaired) electrons. The van der Waals surface area contributed by atoms with Gasteiger partial charge in [-0.15, -0.1) is 0 Å². The Bertz CT molecular complexity index is 257. The van der Waals surface area contributed by atoms with Crippen LogP contribution >= 0.6 is 0 Å². The zero-order chi connectivity index (χ0) is 13.5. The molecule has 1 heterocycles. The van der Waals surface area contributed by atoms with Gasteiger partial charge in [-0.1, -0.05) is 6.42 Å². The Morgan fingerprint density at radius 3 is 2.67 bits per heavy atom. The second kappa shape index (κ2) is 7.68. The molecule has 0 bridgehead atoms. The highest BCUT2D eigenvalue weighted by molar-refractivity contribution is 5.66. The number of aliphatic hydroxyl groups is 2. The zero-order valence-electron chi connectivity index (χ0n) is 10.6. The number of aliphatic carboxylic acids is 1. The van der Waals surface area contributed by atoms with Crippen LogP contribution in [-0.2, 0) is 14.3 Å². The fourth-order valence-electron chi connectivity index (χ4n) is 1.85. The molecule has 4 unspecified atom stereocenters. The van der Waals surface area contributed by atoms with E-state index >= 15 is 0 Å². The molecule has 1 fully saturated rings. The molecule has 0 amide bonds. The Morgan fingerprint density at radius 2 is 2.00 bits per heavy atom. The van der Waals surface area contributed by atoms with Gasteiger partial charge < -0.3 is 24.8 Å². The van der Waals surface area contributed by atoms with Crippen molar-refractivity contribution in [2.45, 2.75) is 63.6 Å². The minimum absolute atomic E-state index is 0.172. The van der Waals surface area contributed by atoms with E-state index in [-0.39, 0.29) is 18.9 Å². The van der Waals surface area contributed by atoms with Crippen molar-refractivity contribution in [2.24, 2.45) is 0 Å². The molecule has 6 heteroatoms. The maximum atomic E-state index is 10.3. The third-order valence-electron chi connectivity index (χ3n) is 3.00. The van der Waals surface area contributed by atoms with Crippen molar-refractivity contribution in [3.63, 3.8) is 0 Å². The lowest BCUT2D eigenvalue weighted by molar-refractivity contribution is -0.261. The van der Waals surface area contributed by atoms with Crippen LogP contribution in [0.5, 0.6) is 0 Å². The molecule has 1 rings (SSSR count). The average Bonchev–Trinajstić information content (AvgIpc) is 2.29. The highest BCUT2D eigenvalue weighted by Gasteiger charge is 2.34. The first kappa shape index (κ1) is 15.4. The monoisotopic (exact) mass is 262 g/mol. The zero-order valence-corrected chi connectivity index (χ0v) is 10.6. The standard InChI is InChI=1S/C12H22O6/c1-8-9(13)7-10(14)12(18-8)17-6-4-2-3-5-11(15)16/h8-10,12-14H,2-7H2,1H3,(H,15,16). The van der Waals surface area contributed by atoms with E-state index in [0.717, 1.165) is 12.8 Å². The number of hydrogen-bond acceptors (Lipinski definition) is 5. The van der Waals surface area contributed by atoms with Crippen LogP contribution in [0.1, 0.15) is 39.0 Å². The summed E-state index contributed by atoms with van der Waals surface area (Å²) in [6, 6.07) is 0. The summed E-state index contributed by atoms with van der Waals surface area (Å²) in [6.45, 7) is 2.16. The van der Waals surface area contributed by atoms with Gasteiger partial charge in [0, 0.05) is 19.4 Å². The number of carboxylic acid groups (broad SMARTS) is 1. The van der Waals surface area contributed by atoms with E-state index in [1.807, 2.05) is 0 Å². The first-order valence-corrected chi connectivity index (χ1v) is 6.35. The van der Waals surface area contributed by atoms with Gasteiger partial charge in [-0.25, -0.2) is 0 Å². The van der Waals surface area contributed by atoms with Crippen molar-refractivity contribution < 1.29 is 29.6 Å². The lowest BCUT2D eigenvalue weighted by Crippen LogP contribution is -2.47. The number of ether oxygens (including phenoxy) is 2. The predicted molar refractivity (Wildman–Crippen MR) is 63.0 cm³/mol. The third-order valence-corrected chi connectivity index (χ3v) is 3.00. The number of aliphatic hydroxyl groups excluding tert-OH is 2. The lowest BCUT2D eigenvalue weighted by atomic mass is 10.0. The molecule has 0 aliphatic carbocycles. The normalized spacial score (nSPS) is 32.4. The van der Waals surface area contributed by atoms with E-state index in [9.17, 15) is 15.0 Å². The van der Waals surface area contributed by atoms with E-state index < -0.39 is 24.5 Å². The second-order valence-electron chi connectivity index (χ2n) is 4.66. The minimum atomic E-state index is -0.810. The number of carbonyl (C=O) groups is 1. The Hall–Kier alpha value is -0.690. The molecule has 106 valence electrons. The van der Waals surface area contributed by atoms with Crippen LogP contribution in [0.25, 0.3) is 0 Å². The molecule has 1 saturated heterocycles. The molecule has 0 spiro atoms. The summed E-state index contributed by atoms with van der Waals surface area (Å²) in [4.78, 5) is 10.3. The Morgan fingerprint density at radius 1 is 1.28 bits per heavy atom. The summed E-state index contributed by atoms with van der Waals surface area (Å²) < 4.78 is 10.7. The van der Waals surface area contributed by atoms with E-state index in [0.29, 0.717) is 13.0 Å². The Kier molecular flexibility index (Phi) is 6.56. The van der Waals surface area contributed by atoms with Crippen LogP contribution in [0, 0.1) is 0 Å². The van der Waals surface area contributed by atoms with Crippen LogP contribution in [0.3, 0.4) is 0 Å². The van der Waals surface area contributed by atoms with Crippen LogP contribution in [0.2, 0.25) is 0 Å². The number of unbranched alkanes of at least 4 members (excludes halogenated alkanes) is 2. The fraction of sp³-hybridized carbons (Fsp3) is 0.917. The van der Waals surface area contributed by atoms with Crippen molar-refractivity contribution >= 4 is 5.97 Å². The Labute approximate surface area is 107 Å². The molecule has 6 nitrogen and oxygen atoms in total. The van der Waals surface area contributed by atoms with Crippen molar-refractivity contribution in [3.05, 3.63) is 0 Å². The molecule has 0 aromatic carbocycles. The number of hydrogen-bond donors (Lipinski definition) is 3. The number of carboxylic acids is 1. The first-order chi connectivity index (χ1) is 8.50. The predicted octanol–water partition coefficient (Wildman–Crippen LogP) is 0.505. The molecule has 4 atom stereocenters. The number of rotatable bonds is 7. The first-order valence-electron chi connectivity index (χ1n) is 6.35. The fourth-order valence-corrected chi connectivity index (χ4v) is 1.85. The molecule has 0 aromatic heterocycles. The molecule has 0 saturated carbocycles. The molecule has 1 aliphatic rings. The topological polar surface area (TPSA) is 96.2 Å². The van der Waals surface area contributed by atoms with Gasteiger partial charge in [-0.3, -0.25) is 4.79 Å². The maximum Gasteiger partial charge on any atom is 0.303 e. The lowest BCUT2D eigenvalue weighted by Gasteiger charge is -2.35. The summed E-state index contributed by atoms with van der Waals surface area (Å²) in [5.74, 6) is -0.787. The van der Waals surface area contributed by atoms with Gasteiger partial charge in [0.15, 0.2) is 6.29 Å². The van der Waals surface area contributed by atoms with Gasteiger partial charge in [0.05, 0.1) is 12.2 Å². The van der Waals surface area contributed by atoms with Crippen molar-refractivity contribution in [3.8, 4) is 0 Å². The van der Waals surface area contributed by atoms with Crippen molar-refractivity contribution in [1.82, 2.24) is 0 Å². The van der Waals surface area contributed by atoms with E-state index in [1.165, 1.54) is 0 Å². The minimum Gasteiger partial charge on any atom is -0.481 e. The van der Waals surface area contributed by atoms with Gasteiger partial charge in [-0.05, 0) is 19.8 Å². The SMILES string of the molecule is CC1OC(OCCCCCC(=O)O)C(O)CC1O. The smallest absolute Gasteiger partial charge is 0.303 e. The Balaban J connectivity index is 2.09. The van der Waals surface area contributed by atoms with Crippen molar-refractivity contribution in [1.29, 1.82) is 0 Å². The van der Waals surface area contributed by atoms with E-state index in [1.54, 1.807) is 6.92 Å². The van der Waals surface area contributed by atoms with Gasteiger partial charge >= 0.3 is 5.97 Å². The molecule has 18 heavy (non-hydrogen) atoms. The summed E-state index contributed by atoms with van der Waals surface area (Å²) in [7, 11) is 0. The summed E-state index contributed by atoms with van der Waals surface area (Å²) in [5, 5.41) is 27.6. The van der Waals surface area contributed by atoms with Gasteiger partial charge in [-0.2, -0.15) is 0 Å². The molecular formula is C12H22O6. The second-order valence-corrected chi connectivity index (χ2v) is 4.66. The molecule has 0 aromatic rings. The highest BCUT2D eigenvalue weighted by Crippen LogP contribution is 2.21. The van der Waals surface area contributed by atoms with Gasteiger partial charge in [0.25, 0.3) is 0 Å². The summed E-state index contributed by atoms with van der Waals surface area (Å²) >= 11 is 0. The van der Waals surface area contributed by atoms with Gasteiger partial charge in [0.2, 0.25) is 0 Å². The third kappa shape index (κ3) is 5.30. The van der Waals surface area contributed by atoms with E-state index in [4.69, 9.17) is 14.6 Å². The van der Waals surface area contributed by atoms with Crippen molar-refractivity contribution in [2.75, 3.05) is 6.61 Å². The van der Waals surface area contributed by atoms with Crippen LogP contribution in [-0.4, -0.2) is 52.5 Å². The van der Waals surface area contributed by atoms with Crippen LogP contribution < -0.4 is 0 Å².